The van der Waals surface area contributed by atoms with Gasteiger partial charge in [0, 0.05) is 27.8 Å². The number of fused-ring (bicyclic) bond motifs is 4. The van der Waals surface area contributed by atoms with E-state index in [9.17, 15) is 0 Å². The quantitative estimate of drug-likeness (QED) is 0.137. The minimum atomic E-state index is 0.614. The van der Waals surface area contributed by atoms with Crippen LogP contribution in [0.5, 0.6) is 0 Å². The first-order chi connectivity index (χ1) is 29.9. The Labute approximate surface area is 391 Å². The van der Waals surface area contributed by atoms with Crippen molar-refractivity contribution >= 4 is 11.8 Å². The second kappa shape index (κ2) is 23.0. The third-order valence-electron chi connectivity index (χ3n) is 20.2. The van der Waals surface area contributed by atoms with Gasteiger partial charge in [-0.3, -0.25) is 4.98 Å². The van der Waals surface area contributed by atoms with E-state index < -0.39 is 0 Å². The van der Waals surface area contributed by atoms with Crippen LogP contribution < -0.4 is 0 Å². The number of aromatic nitrogens is 1. The van der Waals surface area contributed by atoms with E-state index in [2.05, 4.69) is 94.0 Å². The summed E-state index contributed by atoms with van der Waals surface area (Å²) >= 11 is 2.56. The van der Waals surface area contributed by atoms with E-state index in [1.54, 1.807) is 29.7 Å². The SMILES string of the molecule is CCCC(C)CC(CCC1CC(C)C2SC3C(CCCC4CC(C)C(CC)C(CC)C4)CCCC3C2C1)C1CC(C2CCCCC2)Cc2c(C(C)C(C)CC(C)C)cc(C)nc21. The molecule has 62 heavy (non-hydrogen) atoms. The number of thioether (sulfide) groups is 1. The lowest BCUT2D eigenvalue weighted by atomic mass is 9.62. The zero-order chi connectivity index (χ0) is 44.1. The van der Waals surface area contributed by atoms with E-state index in [1.165, 1.54) is 153 Å². The minimum Gasteiger partial charge on any atom is -0.258 e. The molecule has 5 aliphatic carbocycles. The molecule has 1 aromatic heterocycles. The van der Waals surface area contributed by atoms with Crippen LogP contribution in [0, 0.1) is 95.7 Å². The lowest BCUT2D eigenvalue weighted by Gasteiger charge is -2.43. The maximum atomic E-state index is 5.68. The van der Waals surface area contributed by atoms with Gasteiger partial charge in [0.15, 0.2) is 0 Å². The molecule has 4 saturated carbocycles. The summed E-state index contributed by atoms with van der Waals surface area (Å²) in [5, 5.41) is 1.93. The third-order valence-corrected chi connectivity index (χ3v) is 22.4. The first-order valence-corrected chi connectivity index (χ1v) is 29.5. The van der Waals surface area contributed by atoms with Crippen LogP contribution in [0.2, 0.25) is 0 Å². The van der Waals surface area contributed by atoms with Crippen molar-refractivity contribution in [3.05, 3.63) is 28.6 Å². The highest BCUT2D eigenvalue weighted by molar-refractivity contribution is 8.00. The van der Waals surface area contributed by atoms with Gasteiger partial charge in [-0.05, 0) is 196 Å². The van der Waals surface area contributed by atoms with E-state index in [-0.39, 0.29) is 0 Å². The van der Waals surface area contributed by atoms with Crippen molar-refractivity contribution in [3.63, 3.8) is 0 Å². The maximum Gasteiger partial charge on any atom is 0.0475 e. The highest BCUT2D eigenvalue weighted by Gasteiger charge is 2.52. The summed E-state index contributed by atoms with van der Waals surface area (Å²) < 4.78 is 0. The lowest BCUT2D eigenvalue weighted by Crippen LogP contribution is -2.36. The Balaban J connectivity index is 1.05. The molecule has 1 nitrogen and oxygen atoms in total. The van der Waals surface area contributed by atoms with Crippen LogP contribution in [0.15, 0.2) is 6.07 Å². The molecular weight excluding hydrogens is 767 g/mol. The number of aryl methyl sites for hydroxylation is 1. The number of nitrogens with zero attached hydrogens (tertiary/aromatic N) is 1. The lowest BCUT2D eigenvalue weighted by molar-refractivity contribution is 0.0995. The molecule has 6 aliphatic rings. The first-order valence-electron chi connectivity index (χ1n) is 28.5. The highest BCUT2D eigenvalue weighted by atomic mass is 32.2. The highest BCUT2D eigenvalue weighted by Crippen LogP contribution is 2.60. The molecule has 0 aromatic carbocycles. The van der Waals surface area contributed by atoms with Crippen molar-refractivity contribution in [2.24, 2.45) is 88.8 Å². The van der Waals surface area contributed by atoms with Crippen LogP contribution in [0.25, 0.3) is 0 Å². The monoisotopic (exact) mass is 870 g/mol. The van der Waals surface area contributed by atoms with Gasteiger partial charge in [-0.1, -0.05) is 153 Å². The molecule has 0 amide bonds. The number of hydrogen-bond acceptors (Lipinski definition) is 2. The van der Waals surface area contributed by atoms with E-state index in [4.69, 9.17) is 4.98 Å². The minimum absolute atomic E-state index is 0.614. The van der Waals surface area contributed by atoms with Crippen LogP contribution in [0.4, 0.5) is 0 Å². The van der Waals surface area contributed by atoms with Gasteiger partial charge in [0.25, 0.3) is 0 Å². The summed E-state index contributed by atoms with van der Waals surface area (Å²) in [6, 6.07) is 2.57. The Morgan fingerprint density at radius 2 is 1.45 bits per heavy atom. The molecule has 2 heteroatoms. The van der Waals surface area contributed by atoms with Crippen LogP contribution in [-0.4, -0.2) is 15.5 Å². The number of hydrogen-bond donors (Lipinski definition) is 0. The van der Waals surface area contributed by atoms with Gasteiger partial charge in [-0.2, -0.15) is 11.8 Å². The predicted molar refractivity (Wildman–Crippen MR) is 273 cm³/mol. The molecule has 17 atom stereocenters. The van der Waals surface area contributed by atoms with Crippen molar-refractivity contribution in [1.82, 2.24) is 4.98 Å². The Bertz CT molecular complexity index is 1490. The summed E-state index contributed by atoms with van der Waals surface area (Å²) in [6.45, 7) is 27.6. The van der Waals surface area contributed by atoms with Crippen molar-refractivity contribution in [2.45, 2.75) is 259 Å². The van der Waals surface area contributed by atoms with Gasteiger partial charge in [0.2, 0.25) is 0 Å². The third kappa shape index (κ3) is 11.8. The molecule has 1 aromatic rings. The summed E-state index contributed by atoms with van der Waals surface area (Å²) in [5.41, 5.74) is 6.35. The fourth-order valence-corrected chi connectivity index (χ4v) is 19.5. The molecule has 0 bridgehead atoms. The van der Waals surface area contributed by atoms with Gasteiger partial charge in [-0.25, -0.2) is 0 Å². The molecule has 1 aliphatic heterocycles. The van der Waals surface area contributed by atoms with Gasteiger partial charge in [0.05, 0.1) is 0 Å². The van der Waals surface area contributed by atoms with Crippen LogP contribution in [0.1, 0.15) is 258 Å². The van der Waals surface area contributed by atoms with Crippen LogP contribution >= 0.6 is 11.8 Å². The Hall–Kier alpha value is -0.500. The van der Waals surface area contributed by atoms with Gasteiger partial charge in [-0.15, -0.1) is 0 Å². The molecule has 5 fully saturated rings. The maximum absolute atomic E-state index is 5.68. The summed E-state index contributed by atoms with van der Waals surface area (Å²) in [7, 11) is 0. The second-order valence-corrected chi connectivity index (χ2v) is 26.5. The number of rotatable bonds is 19. The fourth-order valence-electron chi connectivity index (χ4n) is 17.2. The zero-order valence-electron chi connectivity index (χ0n) is 43.1. The average Bonchev–Trinajstić information content (AvgIpc) is 3.64. The van der Waals surface area contributed by atoms with Gasteiger partial charge >= 0.3 is 0 Å². The molecule has 354 valence electrons. The largest absolute Gasteiger partial charge is 0.258 e. The van der Waals surface area contributed by atoms with Crippen molar-refractivity contribution < 1.29 is 0 Å². The molecule has 1 saturated heterocycles. The van der Waals surface area contributed by atoms with Crippen molar-refractivity contribution in [1.29, 1.82) is 0 Å². The smallest absolute Gasteiger partial charge is 0.0475 e. The van der Waals surface area contributed by atoms with Gasteiger partial charge < -0.3 is 0 Å². The molecular formula is C60H103NS. The zero-order valence-corrected chi connectivity index (χ0v) is 43.9. The molecule has 17 unspecified atom stereocenters. The number of pyridine rings is 1. The Kier molecular flexibility index (Phi) is 18.3. The second-order valence-electron chi connectivity index (χ2n) is 25.2. The van der Waals surface area contributed by atoms with E-state index >= 15 is 0 Å². The molecule has 2 heterocycles. The topological polar surface area (TPSA) is 12.9 Å². The Morgan fingerprint density at radius 1 is 0.694 bits per heavy atom. The fraction of sp³-hybridized carbons (Fsp3) is 0.917. The normalized spacial score (nSPS) is 37.3. The van der Waals surface area contributed by atoms with E-state index in [0.717, 1.165) is 93.4 Å². The summed E-state index contributed by atoms with van der Waals surface area (Å²) in [5.74, 6) is 15.0. The van der Waals surface area contributed by atoms with Crippen molar-refractivity contribution in [3.8, 4) is 0 Å². The Morgan fingerprint density at radius 3 is 2.18 bits per heavy atom. The average molecular weight is 871 g/mol. The predicted octanol–water partition coefficient (Wildman–Crippen LogP) is 18.5. The van der Waals surface area contributed by atoms with Crippen molar-refractivity contribution in [2.75, 3.05) is 0 Å². The molecule has 0 N–H and O–H groups in total. The van der Waals surface area contributed by atoms with Crippen LogP contribution in [0.3, 0.4) is 0 Å². The summed E-state index contributed by atoms with van der Waals surface area (Å²) in [6.07, 6.45) is 36.7. The standard InChI is InChI=1S/C60H103NS/c1-12-20-39(6)30-50(55-36-51(48-22-16-15-17-23-48)37-56-54(33-43(10)61-58(55)56)44(11)40(7)29-38(4)5)28-27-46-32-42(9)59-57(35-46)53-26-19-25-49(60(53)62-59)24-18-21-45-31-41(8)52(14-3)47(13-2)34-45/h33,38-42,44-53,55,57,59-60H,12-32,34-37H2,1-11H3. The molecule has 0 spiro atoms. The van der Waals surface area contributed by atoms with E-state index in [0.29, 0.717) is 17.8 Å². The summed E-state index contributed by atoms with van der Waals surface area (Å²) in [4.78, 5) is 5.68. The van der Waals surface area contributed by atoms with E-state index in [1.807, 2.05) is 0 Å². The first kappa shape index (κ1) is 49.4. The van der Waals surface area contributed by atoms with Crippen LogP contribution in [-0.2, 0) is 6.42 Å². The molecule has 0 radical (unpaired) electrons. The molecule has 7 rings (SSSR count). The van der Waals surface area contributed by atoms with Gasteiger partial charge in [0.1, 0.15) is 0 Å².